The number of esters is 1. The summed E-state index contributed by atoms with van der Waals surface area (Å²) in [5.74, 6) is -1.98. The summed E-state index contributed by atoms with van der Waals surface area (Å²) in [6, 6.07) is 15.8. The summed E-state index contributed by atoms with van der Waals surface area (Å²) in [6.07, 6.45) is 6.67. The van der Waals surface area contributed by atoms with E-state index in [1.165, 1.54) is 16.7 Å². The van der Waals surface area contributed by atoms with Crippen LogP contribution in [-0.4, -0.2) is 84.9 Å². The molecule has 1 aliphatic heterocycles. The van der Waals surface area contributed by atoms with Crippen molar-refractivity contribution in [3.05, 3.63) is 129 Å². The maximum absolute atomic E-state index is 16.0. The summed E-state index contributed by atoms with van der Waals surface area (Å²) >= 11 is 12.9. The molecule has 0 saturated carbocycles. The van der Waals surface area contributed by atoms with E-state index in [4.69, 9.17) is 27.9 Å². The number of anilines is 1. The number of nitrogens with one attached hydrogen (secondary N) is 3. The highest BCUT2D eigenvalue weighted by atomic mass is 35.5. The number of phenolic OH excluding ortho intramolecular Hbond substituents is 2. The molecule has 2 aliphatic rings. The quantitative estimate of drug-likeness (QED) is 0.0596. The smallest absolute Gasteiger partial charge is 0.309 e. The third-order valence-corrected chi connectivity index (χ3v) is 12.1. The number of carbonyl (C=O) groups excluding carboxylic acids is 3. The number of hydrogen-bond donors (Lipinski definition) is 5. The summed E-state index contributed by atoms with van der Waals surface area (Å²) in [7, 11) is 0. The number of piperidine rings is 1. The Labute approximate surface area is 392 Å². The second-order valence-electron chi connectivity index (χ2n) is 17.0. The van der Waals surface area contributed by atoms with Crippen LogP contribution in [0.4, 0.5) is 10.2 Å². The topological polar surface area (TPSA) is 184 Å². The average molecular weight is 940 g/mol. The number of carbonyl (C=O) groups is 3. The van der Waals surface area contributed by atoms with Crippen molar-refractivity contribution >= 4 is 52.4 Å². The highest BCUT2D eigenvalue weighted by Gasteiger charge is 2.30. The first-order valence-corrected chi connectivity index (χ1v) is 22.7. The Bertz CT molecular complexity index is 2690. The summed E-state index contributed by atoms with van der Waals surface area (Å²) < 4.78 is 23.3. The average Bonchev–Trinajstić information content (AvgIpc) is 3.95. The molecular weight excluding hydrogens is 886 g/mol. The van der Waals surface area contributed by atoms with Crippen LogP contribution in [0.5, 0.6) is 11.5 Å². The van der Waals surface area contributed by atoms with Gasteiger partial charge in [0.1, 0.15) is 29.7 Å². The molecule has 0 unspecified atom stereocenters. The zero-order chi connectivity index (χ0) is 47.2. The third kappa shape index (κ3) is 11.0. The van der Waals surface area contributed by atoms with Crippen molar-refractivity contribution in [2.45, 2.75) is 78.4 Å². The fourth-order valence-corrected chi connectivity index (χ4v) is 8.49. The van der Waals surface area contributed by atoms with E-state index in [0.29, 0.717) is 77.0 Å². The zero-order valence-electron chi connectivity index (χ0n) is 37.4. The van der Waals surface area contributed by atoms with Crippen molar-refractivity contribution in [2.75, 3.05) is 31.6 Å². The van der Waals surface area contributed by atoms with E-state index in [0.717, 1.165) is 11.1 Å². The van der Waals surface area contributed by atoms with Crippen molar-refractivity contribution < 1.29 is 33.7 Å². The maximum atomic E-state index is 16.0. The van der Waals surface area contributed by atoms with Crippen LogP contribution in [0.3, 0.4) is 0 Å². The lowest BCUT2D eigenvalue weighted by atomic mass is 9.96. The van der Waals surface area contributed by atoms with Crippen LogP contribution in [0, 0.1) is 11.7 Å². The molecule has 0 bridgehead atoms. The molecule has 1 fully saturated rings. The number of aromatic hydroxyl groups is 2. The van der Waals surface area contributed by atoms with Crippen LogP contribution in [0.1, 0.15) is 98.7 Å². The minimum Gasteiger partial charge on any atom is -0.508 e. The van der Waals surface area contributed by atoms with Crippen molar-refractivity contribution in [2.24, 2.45) is 5.92 Å². The lowest BCUT2D eigenvalue weighted by molar-refractivity contribution is -0.151. The van der Waals surface area contributed by atoms with Crippen LogP contribution in [-0.2, 0) is 20.9 Å². The number of hydrogen-bond acceptors (Lipinski definition) is 11. The lowest BCUT2D eigenvalue weighted by Gasteiger charge is -2.31. The van der Waals surface area contributed by atoms with Gasteiger partial charge in [0.2, 0.25) is 11.7 Å². The molecule has 5 aromatic rings. The van der Waals surface area contributed by atoms with E-state index >= 15 is 4.39 Å². The molecule has 2 aromatic heterocycles. The standard InChI is InChI=1S/C49H53Cl2FN8O6/c1-6-53-48(64)46-58-57-45(38-21-36(27(2)3)42(61)23-43(38)62)60(46)35-13-12-33(40(52)20-35)25-59-16-14-29(15-17-59)49(65)66-26-41(31-8-7-9-34(50)19-31)56-47(63)32-11-10-30(18-32)37-22-44(55-28(4)5)54-24-39(37)51/h7-10,12-13,18-24,27-29,41,61-62H,6,11,14-17,25-26H2,1-5H3,(H,53,64)(H,54,55)(H,56,63)/t41-/m1/s1. The number of ether oxygens (including phenoxy) is 1. The Morgan fingerprint density at radius 3 is 2.41 bits per heavy atom. The van der Waals surface area contributed by atoms with E-state index in [2.05, 4.69) is 36.0 Å². The van der Waals surface area contributed by atoms with Crippen molar-refractivity contribution in [1.29, 1.82) is 0 Å². The molecule has 17 heteroatoms. The molecule has 346 valence electrons. The lowest BCUT2D eigenvalue weighted by Crippen LogP contribution is -2.38. The molecule has 1 aliphatic carbocycles. The number of amides is 2. The Kier molecular flexibility index (Phi) is 15.1. The monoisotopic (exact) mass is 938 g/mol. The number of phenols is 2. The van der Waals surface area contributed by atoms with Crippen LogP contribution in [0.15, 0.2) is 84.6 Å². The fraction of sp³-hybridized carbons (Fsp3) is 0.347. The Hall–Kier alpha value is -6.29. The molecule has 7 rings (SSSR count). The van der Waals surface area contributed by atoms with Gasteiger partial charge in [0.05, 0.1) is 28.2 Å². The van der Waals surface area contributed by atoms with E-state index in [1.54, 1.807) is 55.6 Å². The number of nitrogens with zero attached hydrogens (tertiary/aromatic N) is 5. The Morgan fingerprint density at radius 1 is 0.939 bits per heavy atom. The number of aromatic nitrogens is 4. The molecule has 1 atom stereocenters. The summed E-state index contributed by atoms with van der Waals surface area (Å²) in [4.78, 5) is 46.8. The van der Waals surface area contributed by atoms with Gasteiger partial charge >= 0.3 is 5.97 Å². The first-order valence-electron chi connectivity index (χ1n) is 22.0. The molecular formula is C49H53Cl2FN8O6. The molecule has 1 saturated heterocycles. The largest absolute Gasteiger partial charge is 0.508 e. The van der Waals surface area contributed by atoms with Gasteiger partial charge < -0.3 is 30.9 Å². The minimum absolute atomic E-state index is 0.0891. The van der Waals surface area contributed by atoms with Gasteiger partial charge in [0, 0.05) is 53.1 Å². The number of benzene rings is 3. The highest BCUT2D eigenvalue weighted by Crippen LogP contribution is 2.39. The van der Waals surface area contributed by atoms with Gasteiger partial charge in [-0.3, -0.25) is 23.9 Å². The second kappa shape index (κ2) is 20.9. The van der Waals surface area contributed by atoms with Gasteiger partial charge in [0.25, 0.3) is 5.91 Å². The van der Waals surface area contributed by atoms with E-state index < -0.39 is 23.7 Å². The molecule has 3 aromatic carbocycles. The van der Waals surface area contributed by atoms with Crippen molar-refractivity contribution in [1.82, 2.24) is 35.3 Å². The Balaban J connectivity index is 0.990. The SMILES string of the molecule is CCNC(=O)c1nnc(-c2cc(C(C)C)c(O)cc2O)n1-c1ccc(CN2CCC(C(=O)OC[C@@H](NC(=O)C3=CC(c4cc(NC(C)C)ncc4Cl)=CC3)c3cccc(Cl)c3)CC2)c(F)c1. The fourth-order valence-electron chi connectivity index (χ4n) is 8.08. The highest BCUT2D eigenvalue weighted by molar-refractivity contribution is 6.32. The number of likely N-dealkylation sites (tertiary alicyclic amines) is 1. The number of rotatable bonds is 16. The van der Waals surface area contributed by atoms with Gasteiger partial charge in [-0.15, -0.1) is 10.2 Å². The van der Waals surface area contributed by atoms with Gasteiger partial charge in [-0.05, 0) is 118 Å². The minimum atomic E-state index is -0.682. The van der Waals surface area contributed by atoms with Gasteiger partial charge in [0.15, 0.2) is 5.82 Å². The molecule has 5 N–H and O–H groups in total. The molecule has 14 nitrogen and oxygen atoms in total. The summed E-state index contributed by atoms with van der Waals surface area (Å²) in [6.45, 7) is 11.0. The molecule has 0 spiro atoms. The van der Waals surface area contributed by atoms with Gasteiger partial charge in [-0.2, -0.15) is 0 Å². The van der Waals surface area contributed by atoms with E-state index in [-0.39, 0.29) is 71.4 Å². The number of allylic oxidation sites excluding steroid dienone is 3. The zero-order valence-corrected chi connectivity index (χ0v) is 38.9. The van der Waals surface area contributed by atoms with E-state index in [1.807, 2.05) is 45.9 Å². The summed E-state index contributed by atoms with van der Waals surface area (Å²) in [5, 5.41) is 39.6. The number of pyridine rings is 1. The predicted molar refractivity (Wildman–Crippen MR) is 252 cm³/mol. The second-order valence-corrected chi connectivity index (χ2v) is 17.9. The van der Waals surface area contributed by atoms with E-state index in [9.17, 15) is 24.6 Å². The van der Waals surface area contributed by atoms with Gasteiger partial charge in [-0.25, -0.2) is 9.37 Å². The number of halogens is 3. The summed E-state index contributed by atoms with van der Waals surface area (Å²) in [5.41, 5.74) is 4.19. The van der Waals surface area contributed by atoms with Crippen molar-refractivity contribution in [3.8, 4) is 28.6 Å². The first kappa shape index (κ1) is 47.7. The van der Waals surface area contributed by atoms with Crippen LogP contribution in [0.25, 0.3) is 22.6 Å². The Morgan fingerprint density at radius 2 is 1.71 bits per heavy atom. The normalized spacial score (nSPS) is 14.8. The molecule has 66 heavy (non-hydrogen) atoms. The predicted octanol–water partition coefficient (Wildman–Crippen LogP) is 8.91. The first-order chi connectivity index (χ1) is 31.6. The van der Waals surface area contributed by atoms with Crippen LogP contribution < -0.4 is 16.0 Å². The van der Waals surface area contributed by atoms with Crippen LogP contribution >= 0.6 is 23.2 Å². The van der Waals surface area contributed by atoms with Gasteiger partial charge in [-0.1, -0.05) is 61.3 Å². The third-order valence-electron chi connectivity index (χ3n) is 11.5. The van der Waals surface area contributed by atoms with Crippen molar-refractivity contribution in [3.63, 3.8) is 0 Å². The maximum Gasteiger partial charge on any atom is 0.309 e. The molecule has 0 radical (unpaired) electrons. The van der Waals surface area contributed by atoms with Crippen LogP contribution in [0.2, 0.25) is 10.0 Å². The molecule has 2 amide bonds. The molecule has 3 heterocycles.